The third-order valence-electron chi connectivity index (χ3n) is 0. The Morgan fingerprint density at radius 3 is 1.75 bits per heavy atom. The van der Waals surface area contributed by atoms with Gasteiger partial charge in [0.05, 0.1) is 0 Å². The Kier molecular flexibility index (Phi) is 7.48. The molecule has 0 aliphatic rings. The van der Waals surface area contributed by atoms with Crippen molar-refractivity contribution in [2.45, 2.75) is 6.92 Å². The monoisotopic (exact) mass is 159 g/mol. The van der Waals surface area contributed by atoms with Crippen molar-refractivity contribution in [1.29, 1.82) is 0 Å². The van der Waals surface area contributed by atoms with Gasteiger partial charge < -0.3 is 5.73 Å². The first-order valence-corrected chi connectivity index (χ1v) is 4.21. The fourth-order valence-electron chi connectivity index (χ4n) is 0. The molecule has 8 heavy (non-hydrogen) atoms. The summed E-state index contributed by atoms with van der Waals surface area (Å²) in [7, 11) is -3.83. The maximum absolute atomic E-state index is 9.11. The number of nitrogens with two attached hydrogens (primary N) is 1. The van der Waals surface area contributed by atoms with Crippen LogP contribution in [0.3, 0.4) is 0 Å². The predicted molar refractivity (Wildman–Crippen MR) is 35.5 cm³/mol. The van der Waals surface area contributed by atoms with Gasteiger partial charge in [0.1, 0.15) is 0 Å². The Labute approximate surface area is 53.4 Å². The zero-order chi connectivity index (χ0) is 7.21. The molecular formula is C2H9NO3S2. The highest BCUT2D eigenvalue weighted by Gasteiger charge is 1.78. The summed E-state index contributed by atoms with van der Waals surface area (Å²) in [5.74, 6) is 0. The summed E-state index contributed by atoms with van der Waals surface area (Å²) in [5.41, 5.74) is 4.85. The quantitative estimate of drug-likeness (QED) is 0.449. The summed E-state index contributed by atoms with van der Waals surface area (Å²) < 4.78 is 24.0. The molecule has 6 heteroatoms. The van der Waals surface area contributed by atoms with Crippen molar-refractivity contribution in [2.75, 3.05) is 6.54 Å². The van der Waals surface area contributed by atoms with Gasteiger partial charge in [-0.25, -0.2) is 0 Å². The molecule has 0 saturated carbocycles. The summed E-state index contributed by atoms with van der Waals surface area (Å²) in [4.78, 5) is 0. The van der Waals surface area contributed by atoms with Crippen LogP contribution in [-0.4, -0.2) is 19.9 Å². The van der Waals surface area contributed by atoms with Gasteiger partial charge in [-0.2, -0.15) is 4.21 Å². The van der Waals surface area contributed by atoms with Crippen molar-refractivity contribution in [2.24, 2.45) is 5.73 Å². The molecule has 4 nitrogen and oxygen atoms in total. The highest BCUT2D eigenvalue weighted by molar-refractivity contribution is 8.26. The molecular weight excluding hydrogens is 150 g/mol. The van der Waals surface area contributed by atoms with Crippen molar-refractivity contribution < 1.29 is 13.3 Å². The molecule has 0 bridgehead atoms. The number of hydrogen-bond acceptors (Lipinski definition) is 3. The van der Waals surface area contributed by atoms with E-state index in [2.05, 4.69) is 11.2 Å². The maximum atomic E-state index is 9.11. The number of rotatable bonds is 0. The van der Waals surface area contributed by atoms with E-state index in [9.17, 15) is 0 Å². The first-order chi connectivity index (χ1) is 3.41. The first kappa shape index (κ1) is 11.1. The summed E-state index contributed by atoms with van der Waals surface area (Å²) >= 11 is 3.47. The second-order valence-corrected chi connectivity index (χ2v) is 3.05. The molecule has 0 spiro atoms. The molecule has 0 radical (unpaired) electrons. The molecule has 0 fully saturated rings. The van der Waals surface area contributed by atoms with Crippen LogP contribution in [0, 0.1) is 0 Å². The molecule has 0 saturated heterocycles. The molecule has 0 aliphatic heterocycles. The van der Waals surface area contributed by atoms with E-state index in [1.165, 1.54) is 0 Å². The third kappa shape index (κ3) is 2760. The first-order valence-electron chi connectivity index (χ1n) is 1.81. The van der Waals surface area contributed by atoms with Crippen LogP contribution in [0.25, 0.3) is 0 Å². The normalized spacial score (nSPS) is 9.50. The molecule has 0 unspecified atom stereocenters. The summed E-state index contributed by atoms with van der Waals surface area (Å²) in [6.45, 7) is 2.65. The van der Waals surface area contributed by atoms with Gasteiger partial charge in [-0.15, -0.1) is 0 Å². The van der Waals surface area contributed by atoms with Crippen LogP contribution in [0.15, 0.2) is 0 Å². The van der Waals surface area contributed by atoms with E-state index in [1.807, 2.05) is 6.92 Å². The zero-order valence-electron chi connectivity index (χ0n) is 4.40. The van der Waals surface area contributed by atoms with Gasteiger partial charge >= 0.3 is 0 Å². The summed E-state index contributed by atoms with van der Waals surface area (Å²) in [6.07, 6.45) is 0. The van der Waals surface area contributed by atoms with Crippen LogP contribution in [0.1, 0.15) is 6.92 Å². The van der Waals surface area contributed by atoms with E-state index in [4.69, 9.17) is 19.0 Å². The van der Waals surface area contributed by atoms with E-state index >= 15 is 0 Å². The standard InChI is InChI=1S/C2H7N.H2O3S2/c1-2-3;1-5(2,3)4/h2-3H2,1H3;(H2,1,2,3,4). The van der Waals surface area contributed by atoms with Gasteiger partial charge in [0.25, 0.3) is 9.05 Å². The average Bonchev–Trinajstić information content (AvgIpc) is 1.27. The van der Waals surface area contributed by atoms with Gasteiger partial charge in [0.15, 0.2) is 0 Å². The molecule has 52 valence electrons. The average molecular weight is 159 g/mol. The topological polar surface area (TPSA) is 83.6 Å². The van der Waals surface area contributed by atoms with Crippen LogP contribution in [0.5, 0.6) is 0 Å². The van der Waals surface area contributed by atoms with E-state index in [1.54, 1.807) is 0 Å². The highest BCUT2D eigenvalue weighted by atomic mass is 32.9. The molecule has 0 aromatic rings. The highest BCUT2D eigenvalue weighted by Crippen LogP contribution is 1.62. The lowest BCUT2D eigenvalue weighted by Gasteiger charge is -1.73. The van der Waals surface area contributed by atoms with Crippen LogP contribution in [0.2, 0.25) is 0 Å². The predicted octanol–water partition coefficient (Wildman–Crippen LogP) is -0.356. The van der Waals surface area contributed by atoms with Crippen molar-refractivity contribution in [1.82, 2.24) is 0 Å². The van der Waals surface area contributed by atoms with Gasteiger partial charge in [0, 0.05) is 11.2 Å². The van der Waals surface area contributed by atoms with Crippen molar-refractivity contribution >= 4 is 20.2 Å². The van der Waals surface area contributed by atoms with Gasteiger partial charge in [0.2, 0.25) is 0 Å². The molecule has 0 heterocycles. The number of hydrogen-bond donors (Lipinski definition) is 3. The molecule has 4 N–H and O–H groups in total. The molecule has 0 rings (SSSR count). The fourth-order valence-corrected chi connectivity index (χ4v) is 0. The van der Waals surface area contributed by atoms with E-state index in [0.29, 0.717) is 0 Å². The maximum Gasteiger partial charge on any atom is 0.263 e. The summed E-state index contributed by atoms with van der Waals surface area (Å²) in [5, 5.41) is 0. The minimum atomic E-state index is -3.83. The minimum Gasteiger partial charge on any atom is -0.331 e. The lowest BCUT2D eigenvalue weighted by molar-refractivity contribution is 0.450. The second-order valence-electron chi connectivity index (χ2n) is 0.856. The van der Waals surface area contributed by atoms with Crippen molar-refractivity contribution in [3.63, 3.8) is 0 Å². The smallest absolute Gasteiger partial charge is 0.263 e. The second kappa shape index (κ2) is 5.39. The molecule has 0 atom stereocenters. The van der Waals surface area contributed by atoms with Gasteiger partial charge in [-0.1, -0.05) is 6.92 Å². The molecule has 0 aromatic carbocycles. The van der Waals surface area contributed by atoms with Crippen molar-refractivity contribution in [3.05, 3.63) is 0 Å². The molecule has 0 amide bonds. The Morgan fingerprint density at radius 1 is 1.75 bits per heavy atom. The SMILES string of the molecule is CCN.O=S(O)(O)=S. The lowest BCUT2D eigenvalue weighted by Crippen LogP contribution is -1.87. The van der Waals surface area contributed by atoms with Gasteiger partial charge in [-0.05, 0) is 6.54 Å². The van der Waals surface area contributed by atoms with Crippen molar-refractivity contribution in [3.8, 4) is 0 Å². The Balaban J connectivity index is 0. The van der Waals surface area contributed by atoms with Crippen LogP contribution in [-0.2, 0) is 20.2 Å². The third-order valence-corrected chi connectivity index (χ3v) is 0. The lowest BCUT2D eigenvalue weighted by atomic mass is 10.8. The van der Waals surface area contributed by atoms with Crippen LogP contribution < -0.4 is 5.73 Å². The summed E-state index contributed by atoms with van der Waals surface area (Å²) in [6, 6.07) is 0. The van der Waals surface area contributed by atoms with E-state index in [-0.39, 0.29) is 0 Å². The van der Waals surface area contributed by atoms with E-state index < -0.39 is 9.05 Å². The zero-order valence-corrected chi connectivity index (χ0v) is 6.04. The molecule has 0 aliphatic carbocycles. The Morgan fingerprint density at radius 2 is 1.75 bits per heavy atom. The van der Waals surface area contributed by atoms with Crippen LogP contribution >= 0.6 is 0 Å². The Bertz CT molecular complexity index is 109. The van der Waals surface area contributed by atoms with E-state index in [0.717, 1.165) is 6.54 Å². The fraction of sp³-hybridized carbons (Fsp3) is 1.00. The van der Waals surface area contributed by atoms with Gasteiger partial charge in [-0.3, -0.25) is 9.11 Å². The molecule has 0 aromatic heterocycles. The Hall–Kier alpha value is 0.250. The minimum absolute atomic E-state index is 0.750. The largest absolute Gasteiger partial charge is 0.331 e. The van der Waals surface area contributed by atoms with Crippen LogP contribution in [0.4, 0.5) is 0 Å².